The molecule has 0 atom stereocenters. The van der Waals surface area contributed by atoms with Gasteiger partial charge in [0.05, 0.1) is 12.2 Å². The highest BCUT2D eigenvalue weighted by Gasteiger charge is 2.19. The Balaban J connectivity index is 2.44. The summed E-state index contributed by atoms with van der Waals surface area (Å²) < 4.78 is 2.91. The normalized spacial score (nSPS) is 11.8. The molecule has 0 fully saturated rings. The van der Waals surface area contributed by atoms with Crippen molar-refractivity contribution in [3.8, 4) is 0 Å². The maximum absolute atomic E-state index is 5.40. The average Bonchev–Trinajstić information content (AvgIpc) is 2.71. The Morgan fingerprint density at radius 1 is 1.37 bits per heavy atom. The minimum Gasteiger partial charge on any atom is -0.337 e. The summed E-state index contributed by atoms with van der Waals surface area (Å²) in [5, 5.41) is 0. The molecule has 3 nitrogen and oxygen atoms in total. The summed E-state index contributed by atoms with van der Waals surface area (Å²) in [6.07, 6.45) is 4.85. The predicted octanol–water partition coefficient (Wildman–Crippen LogP) is 3.85. The van der Waals surface area contributed by atoms with Gasteiger partial charge in [0.1, 0.15) is 0 Å². The van der Waals surface area contributed by atoms with E-state index < -0.39 is 0 Å². The van der Waals surface area contributed by atoms with Gasteiger partial charge in [-0.25, -0.2) is 0 Å². The lowest BCUT2D eigenvalue weighted by Crippen LogP contribution is -2.19. The van der Waals surface area contributed by atoms with E-state index >= 15 is 0 Å². The molecule has 0 aromatic carbocycles. The standard InChI is InChI=1S/C15H21N3S/c1-5-11-7-6-8-16-12(11)10-18-13(15(2,3)4)9-17-14(18)19/h6-9H,5,10H2,1-4H3,(H,17,19). The summed E-state index contributed by atoms with van der Waals surface area (Å²) in [7, 11) is 0. The number of pyridine rings is 1. The molecule has 0 spiro atoms. The summed E-state index contributed by atoms with van der Waals surface area (Å²) >= 11 is 5.40. The molecule has 0 aliphatic carbocycles. The molecular formula is C15H21N3S. The van der Waals surface area contributed by atoms with Gasteiger partial charge in [0, 0.05) is 23.5 Å². The van der Waals surface area contributed by atoms with Crippen LogP contribution in [0.15, 0.2) is 24.5 Å². The minimum atomic E-state index is 0.0642. The molecule has 19 heavy (non-hydrogen) atoms. The maximum Gasteiger partial charge on any atom is 0.177 e. The number of aromatic amines is 1. The molecule has 2 heterocycles. The molecule has 0 radical (unpaired) electrons. The molecule has 1 N–H and O–H groups in total. The van der Waals surface area contributed by atoms with Crippen LogP contribution in [0.1, 0.15) is 44.6 Å². The van der Waals surface area contributed by atoms with Gasteiger partial charge in [0.15, 0.2) is 4.77 Å². The van der Waals surface area contributed by atoms with Crippen molar-refractivity contribution >= 4 is 12.2 Å². The number of aromatic nitrogens is 3. The molecule has 0 amide bonds. The summed E-state index contributed by atoms with van der Waals surface area (Å²) in [6.45, 7) is 9.47. The second-order valence-electron chi connectivity index (χ2n) is 5.78. The van der Waals surface area contributed by atoms with Crippen LogP contribution in [0.4, 0.5) is 0 Å². The largest absolute Gasteiger partial charge is 0.337 e. The number of nitrogens with zero attached hydrogens (tertiary/aromatic N) is 2. The van der Waals surface area contributed by atoms with E-state index in [1.807, 2.05) is 18.5 Å². The van der Waals surface area contributed by atoms with Crippen LogP contribution in [0.2, 0.25) is 0 Å². The number of imidazole rings is 1. The number of hydrogen-bond donors (Lipinski definition) is 1. The van der Waals surface area contributed by atoms with Crippen molar-refractivity contribution in [1.82, 2.24) is 14.5 Å². The van der Waals surface area contributed by atoms with E-state index in [2.05, 4.69) is 48.3 Å². The highest BCUT2D eigenvalue weighted by molar-refractivity contribution is 7.71. The molecular weight excluding hydrogens is 254 g/mol. The minimum absolute atomic E-state index is 0.0642. The molecule has 0 unspecified atom stereocenters. The van der Waals surface area contributed by atoms with E-state index in [9.17, 15) is 0 Å². The Morgan fingerprint density at radius 2 is 2.11 bits per heavy atom. The fourth-order valence-electron chi connectivity index (χ4n) is 2.26. The van der Waals surface area contributed by atoms with Crippen LogP contribution in [0.25, 0.3) is 0 Å². The molecule has 102 valence electrons. The van der Waals surface area contributed by atoms with E-state index in [4.69, 9.17) is 12.2 Å². The molecule has 0 bridgehead atoms. The van der Waals surface area contributed by atoms with E-state index in [-0.39, 0.29) is 5.41 Å². The number of H-pyrrole nitrogens is 1. The Hall–Kier alpha value is -1.42. The van der Waals surface area contributed by atoms with Gasteiger partial charge in [0.2, 0.25) is 0 Å². The van der Waals surface area contributed by atoms with Crippen molar-refractivity contribution in [2.24, 2.45) is 0 Å². The highest BCUT2D eigenvalue weighted by atomic mass is 32.1. The van der Waals surface area contributed by atoms with Crippen LogP contribution >= 0.6 is 12.2 Å². The first kappa shape index (κ1) is 14.0. The smallest absolute Gasteiger partial charge is 0.177 e. The van der Waals surface area contributed by atoms with Crippen molar-refractivity contribution in [2.45, 2.75) is 46.1 Å². The van der Waals surface area contributed by atoms with Crippen LogP contribution in [0.3, 0.4) is 0 Å². The third-order valence-corrected chi connectivity index (χ3v) is 3.65. The van der Waals surface area contributed by atoms with Gasteiger partial charge in [-0.1, -0.05) is 33.8 Å². The molecule has 0 saturated carbocycles. The Labute approximate surface area is 119 Å². The van der Waals surface area contributed by atoms with Gasteiger partial charge in [-0.2, -0.15) is 0 Å². The van der Waals surface area contributed by atoms with Gasteiger partial charge in [-0.15, -0.1) is 0 Å². The van der Waals surface area contributed by atoms with Crippen LogP contribution < -0.4 is 0 Å². The van der Waals surface area contributed by atoms with E-state index in [1.54, 1.807) is 0 Å². The zero-order chi connectivity index (χ0) is 14.0. The van der Waals surface area contributed by atoms with E-state index in [0.29, 0.717) is 0 Å². The number of nitrogens with one attached hydrogen (secondary N) is 1. The third kappa shape index (κ3) is 2.95. The molecule has 0 aliphatic rings. The van der Waals surface area contributed by atoms with Crippen LogP contribution in [-0.4, -0.2) is 14.5 Å². The Kier molecular flexibility index (Phi) is 3.90. The molecule has 2 aromatic heterocycles. The summed E-state index contributed by atoms with van der Waals surface area (Å²) in [6, 6.07) is 4.12. The number of hydrogen-bond acceptors (Lipinski definition) is 2. The topological polar surface area (TPSA) is 33.6 Å². The Bertz CT molecular complexity index is 617. The monoisotopic (exact) mass is 275 g/mol. The SMILES string of the molecule is CCc1cccnc1Cn1c(C(C)(C)C)c[nH]c1=S. The lowest BCUT2D eigenvalue weighted by molar-refractivity contribution is 0.526. The van der Waals surface area contributed by atoms with Gasteiger partial charge in [-0.3, -0.25) is 4.98 Å². The predicted molar refractivity (Wildman–Crippen MR) is 81.0 cm³/mol. The first-order valence-corrected chi connectivity index (χ1v) is 7.05. The zero-order valence-corrected chi connectivity index (χ0v) is 12.8. The second-order valence-corrected chi connectivity index (χ2v) is 6.16. The summed E-state index contributed by atoms with van der Waals surface area (Å²) in [5.74, 6) is 0. The average molecular weight is 275 g/mol. The van der Waals surface area contributed by atoms with Crippen molar-refractivity contribution in [2.75, 3.05) is 0 Å². The van der Waals surface area contributed by atoms with Crippen molar-refractivity contribution in [3.05, 3.63) is 46.2 Å². The van der Waals surface area contributed by atoms with Crippen molar-refractivity contribution < 1.29 is 0 Å². The van der Waals surface area contributed by atoms with Crippen molar-refractivity contribution in [1.29, 1.82) is 0 Å². The lowest BCUT2D eigenvalue weighted by atomic mass is 9.92. The number of aryl methyl sites for hydroxylation is 1. The van der Waals surface area contributed by atoms with Crippen molar-refractivity contribution in [3.63, 3.8) is 0 Å². The molecule has 0 saturated heterocycles. The summed E-state index contributed by atoms with van der Waals surface area (Å²) in [5.41, 5.74) is 3.66. The molecule has 2 aromatic rings. The third-order valence-electron chi connectivity index (χ3n) is 3.31. The first-order chi connectivity index (χ1) is 8.93. The van der Waals surface area contributed by atoms with E-state index in [1.165, 1.54) is 11.3 Å². The molecule has 2 rings (SSSR count). The zero-order valence-electron chi connectivity index (χ0n) is 12.0. The fraction of sp³-hybridized carbons (Fsp3) is 0.467. The lowest BCUT2D eigenvalue weighted by Gasteiger charge is -2.21. The van der Waals surface area contributed by atoms with E-state index in [0.717, 1.165) is 23.4 Å². The Morgan fingerprint density at radius 3 is 2.74 bits per heavy atom. The van der Waals surface area contributed by atoms with Gasteiger partial charge < -0.3 is 9.55 Å². The van der Waals surface area contributed by atoms with Crippen LogP contribution in [-0.2, 0) is 18.4 Å². The van der Waals surface area contributed by atoms with Crippen LogP contribution in [0.5, 0.6) is 0 Å². The van der Waals surface area contributed by atoms with Gasteiger partial charge in [0.25, 0.3) is 0 Å². The van der Waals surface area contributed by atoms with Gasteiger partial charge >= 0.3 is 0 Å². The quantitative estimate of drug-likeness (QED) is 0.863. The van der Waals surface area contributed by atoms with Crippen LogP contribution in [0, 0.1) is 4.77 Å². The first-order valence-electron chi connectivity index (χ1n) is 6.65. The summed E-state index contributed by atoms with van der Waals surface area (Å²) in [4.78, 5) is 7.66. The number of rotatable bonds is 3. The fourth-order valence-corrected chi connectivity index (χ4v) is 2.48. The molecule has 4 heteroatoms. The van der Waals surface area contributed by atoms with Gasteiger partial charge in [-0.05, 0) is 30.3 Å². The maximum atomic E-state index is 5.40. The second kappa shape index (κ2) is 5.29. The molecule has 0 aliphatic heterocycles. The highest BCUT2D eigenvalue weighted by Crippen LogP contribution is 2.23.